The van der Waals surface area contributed by atoms with Crippen LogP contribution in [0.15, 0.2) is 22.7 Å². The molecule has 2 rings (SSSR count). The zero-order valence-corrected chi connectivity index (χ0v) is 12.5. The first-order valence-corrected chi connectivity index (χ1v) is 7.39. The van der Waals surface area contributed by atoms with Gasteiger partial charge in [-0.25, -0.2) is 4.39 Å². The van der Waals surface area contributed by atoms with Gasteiger partial charge in [-0.05, 0) is 55.7 Å². The zero-order chi connectivity index (χ0) is 14.0. The lowest BCUT2D eigenvalue weighted by Gasteiger charge is -2.36. The number of hydrogen-bond donors (Lipinski definition) is 1. The van der Waals surface area contributed by atoms with Gasteiger partial charge >= 0.3 is 5.97 Å². The predicted octanol–water partition coefficient (Wildman–Crippen LogP) is 4.41. The molecule has 0 bridgehead atoms. The highest BCUT2D eigenvalue weighted by Crippen LogP contribution is 2.42. The summed E-state index contributed by atoms with van der Waals surface area (Å²) >= 11 is 3.22. The maximum Gasteiger partial charge on any atom is 0.309 e. The molecule has 1 aliphatic rings. The van der Waals surface area contributed by atoms with Crippen LogP contribution in [0.1, 0.15) is 38.2 Å². The van der Waals surface area contributed by atoms with Crippen molar-refractivity contribution in [1.29, 1.82) is 0 Å². The van der Waals surface area contributed by atoms with Crippen LogP contribution in [0.25, 0.3) is 0 Å². The number of carbonyl (C=O) groups is 1. The van der Waals surface area contributed by atoms with E-state index in [4.69, 9.17) is 0 Å². The molecule has 0 unspecified atom stereocenters. The number of carboxylic acids is 1. The monoisotopic (exact) mass is 328 g/mol. The largest absolute Gasteiger partial charge is 0.481 e. The molecule has 0 atom stereocenters. The minimum atomic E-state index is -0.790. The Balaban J connectivity index is 2.24. The Labute approximate surface area is 121 Å². The van der Waals surface area contributed by atoms with Crippen LogP contribution in [0.5, 0.6) is 0 Å². The van der Waals surface area contributed by atoms with Crippen LogP contribution in [0.3, 0.4) is 0 Å². The Morgan fingerprint density at radius 2 is 2.11 bits per heavy atom. The number of rotatable bonds is 3. The topological polar surface area (TPSA) is 37.3 Å². The van der Waals surface area contributed by atoms with Crippen molar-refractivity contribution in [2.75, 3.05) is 0 Å². The average Bonchev–Trinajstić information content (AvgIpc) is 2.35. The molecule has 0 spiro atoms. The SMILES string of the molecule is CC1CCC(Cc2ccc(Br)cc2F)(C(=O)O)CC1. The minimum Gasteiger partial charge on any atom is -0.481 e. The maximum absolute atomic E-state index is 13.9. The maximum atomic E-state index is 13.9. The number of benzene rings is 1. The molecule has 0 aliphatic heterocycles. The molecular weight excluding hydrogens is 311 g/mol. The van der Waals surface area contributed by atoms with Crippen LogP contribution in [0, 0.1) is 17.2 Å². The molecule has 1 fully saturated rings. The van der Waals surface area contributed by atoms with Crippen molar-refractivity contribution in [1.82, 2.24) is 0 Å². The van der Waals surface area contributed by atoms with Crippen molar-refractivity contribution < 1.29 is 14.3 Å². The van der Waals surface area contributed by atoms with Crippen LogP contribution in [-0.4, -0.2) is 11.1 Å². The Bertz CT molecular complexity index is 479. The molecule has 1 N–H and O–H groups in total. The molecule has 19 heavy (non-hydrogen) atoms. The second kappa shape index (κ2) is 5.61. The molecule has 1 aromatic carbocycles. The molecule has 1 aromatic rings. The van der Waals surface area contributed by atoms with Gasteiger partial charge in [0.05, 0.1) is 5.41 Å². The van der Waals surface area contributed by atoms with E-state index in [9.17, 15) is 14.3 Å². The number of halogens is 2. The lowest BCUT2D eigenvalue weighted by molar-refractivity contribution is -0.151. The minimum absolute atomic E-state index is 0.286. The van der Waals surface area contributed by atoms with Gasteiger partial charge in [0.1, 0.15) is 5.82 Å². The van der Waals surface area contributed by atoms with Crippen molar-refractivity contribution in [2.45, 2.75) is 39.0 Å². The summed E-state index contributed by atoms with van der Waals surface area (Å²) in [6.45, 7) is 2.14. The lowest BCUT2D eigenvalue weighted by atomic mass is 9.68. The van der Waals surface area contributed by atoms with Crippen molar-refractivity contribution in [3.8, 4) is 0 Å². The summed E-state index contributed by atoms with van der Waals surface area (Å²) in [6.07, 6.45) is 3.38. The highest BCUT2D eigenvalue weighted by atomic mass is 79.9. The highest BCUT2D eigenvalue weighted by molar-refractivity contribution is 9.10. The zero-order valence-electron chi connectivity index (χ0n) is 11.0. The predicted molar refractivity (Wildman–Crippen MR) is 75.5 cm³/mol. The van der Waals surface area contributed by atoms with Gasteiger partial charge < -0.3 is 5.11 Å². The van der Waals surface area contributed by atoms with Crippen molar-refractivity contribution in [3.05, 3.63) is 34.1 Å². The fourth-order valence-electron chi connectivity index (χ4n) is 2.81. The molecule has 0 aromatic heterocycles. The van der Waals surface area contributed by atoms with E-state index in [0.29, 0.717) is 28.8 Å². The third kappa shape index (κ3) is 3.16. The van der Waals surface area contributed by atoms with Gasteiger partial charge in [0.2, 0.25) is 0 Å². The van der Waals surface area contributed by atoms with Crippen molar-refractivity contribution in [2.24, 2.45) is 11.3 Å². The second-order valence-corrected chi connectivity index (χ2v) is 6.60. The van der Waals surface area contributed by atoms with Crippen LogP contribution < -0.4 is 0 Å². The number of hydrogen-bond acceptors (Lipinski definition) is 1. The first-order chi connectivity index (χ1) is 8.93. The van der Waals surface area contributed by atoms with Gasteiger partial charge in [-0.2, -0.15) is 0 Å². The Morgan fingerprint density at radius 1 is 1.47 bits per heavy atom. The summed E-state index contributed by atoms with van der Waals surface area (Å²) in [4.78, 5) is 11.6. The van der Waals surface area contributed by atoms with Crippen LogP contribution in [0.4, 0.5) is 4.39 Å². The molecular formula is C15H18BrFO2. The van der Waals surface area contributed by atoms with Gasteiger partial charge in [0.15, 0.2) is 0 Å². The second-order valence-electron chi connectivity index (χ2n) is 5.68. The summed E-state index contributed by atoms with van der Waals surface area (Å²) in [5.41, 5.74) is -0.290. The van der Waals surface area contributed by atoms with E-state index >= 15 is 0 Å². The standard InChI is InChI=1S/C15H18BrFO2/c1-10-4-6-15(7-5-10,14(18)19)9-11-2-3-12(16)8-13(11)17/h2-3,8,10H,4-7,9H2,1H3,(H,18,19). The Hall–Kier alpha value is -0.900. The van der Waals surface area contributed by atoms with Crippen LogP contribution >= 0.6 is 15.9 Å². The smallest absolute Gasteiger partial charge is 0.309 e. The quantitative estimate of drug-likeness (QED) is 0.892. The molecule has 0 saturated heterocycles. The van der Waals surface area contributed by atoms with E-state index in [-0.39, 0.29) is 12.2 Å². The van der Waals surface area contributed by atoms with Gasteiger partial charge in [-0.3, -0.25) is 4.79 Å². The summed E-state index contributed by atoms with van der Waals surface area (Å²) < 4.78 is 14.6. The summed E-state index contributed by atoms with van der Waals surface area (Å²) in [5, 5.41) is 9.55. The highest BCUT2D eigenvalue weighted by Gasteiger charge is 2.41. The summed E-state index contributed by atoms with van der Waals surface area (Å²) in [6, 6.07) is 4.85. The van der Waals surface area contributed by atoms with E-state index < -0.39 is 11.4 Å². The van der Waals surface area contributed by atoms with Crippen molar-refractivity contribution >= 4 is 21.9 Å². The lowest BCUT2D eigenvalue weighted by Crippen LogP contribution is -2.37. The first kappa shape index (κ1) is 14.5. The Kier molecular flexibility index (Phi) is 4.29. The first-order valence-electron chi connectivity index (χ1n) is 6.60. The van der Waals surface area contributed by atoms with Gasteiger partial charge in [-0.15, -0.1) is 0 Å². The van der Waals surface area contributed by atoms with E-state index in [0.717, 1.165) is 12.8 Å². The average molecular weight is 329 g/mol. The molecule has 4 heteroatoms. The fourth-order valence-corrected chi connectivity index (χ4v) is 3.14. The molecule has 0 amide bonds. The molecule has 1 saturated carbocycles. The van der Waals surface area contributed by atoms with Crippen LogP contribution in [-0.2, 0) is 11.2 Å². The molecule has 0 heterocycles. The van der Waals surface area contributed by atoms with Gasteiger partial charge in [0.25, 0.3) is 0 Å². The van der Waals surface area contributed by atoms with E-state index in [1.807, 2.05) is 0 Å². The summed E-state index contributed by atoms with van der Waals surface area (Å²) in [5.74, 6) is -0.544. The van der Waals surface area contributed by atoms with Gasteiger partial charge in [0, 0.05) is 4.47 Å². The third-order valence-corrected chi connectivity index (χ3v) is 4.72. The number of carboxylic acid groups (broad SMARTS) is 1. The molecule has 104 valence electrons. The Morgan fingerprint density at radius 3 is 2.63 bits per heavy atom. The third-order valence-electron chi connectivity index (χ3n) is 4.23. The van der Waals surface area contributed by atoms with E-state index in [2.05, 4.69) is 22.9 Å². The van der Waals surface area contributed by atoms with Gasteiger partial charge in [-0.1, -0.05) is 28.9 Å². The normalized spacial score (nSPS) is 27.2. The van der Waals surface area contributed by atoms with E-state index in [1.165, 1.54) is 6.07 Å². The summed E-state index contributed by atoms with van der Waals surface area (Å²) in [7, 11) is 0. The van der Waals surface area contributed by atoms with Crippen molar-refractivity contribution in [3.63, 3.8) is 0 Å². The molecule has 2 nitrogen and oxygen atoms in total. The fraction of sp³-hybridized carbons (Fsp3) is 0.533. The number of aliphatic carboxylic acids is 1. The molecule has 1 aliphatic carbocycles. The van der Waals surface area contributed by atoms with Crippen LogP contribution in [0.2, 0.25) is 0 Å². The molecule has 0 radical (unpaired) electrons. The van der Waals surface area contributed by atoms with E-state index in [1.54, 1.807) is 12.1 Å².